The van der Waals surface area contributed by atoms with E-state index in [-0.39, 0.29) is 23.3 Å². The summed E-state index contributed by atoms with van der Waals surface area (Å²) in [6.07, 6.45) is 2.06. The molecule has 1 aliphatic rings. The van der Waals surface area contributed by atoms with Gasteiger partial charge in [0.15, 0.2) is 21.3 Å². The van der Waals surface area contributed by atoms with E-state index in [1.165, 1.54) is 0 Å². The van der Waals surface area contributed by atoms with E-state index in [0.29, 0.717) is 34.5 Å². The van der Waals surface area contributed by atoms with Crippen molar-refractivity contribution in [2.75, 3.05) is 11.5 Å². The van der Waals surface area contributed by atoms with Crippen molar-refractivity contribution >= 4 is 21.4 Å². The van der Waals surface area contributed by atoms with E-state index in [4.69, 9.17) is 20.4 Å². The van der Waals surface area contributed by atoms with Gasteiger partial charge in [-0.15, -0.1) is 10.2 Å². The number of sulfone groups is 1. The van der Waals surface area contributed by atoms with E-state index in [1.807, 2.05) is 18.2 Å². The monoisotopic (exact) mass is 430 g/mol. The normalized spacial score (nSPS) is 18.3. The maximum Gasteiger partial charge on any atom is 0.268 e. The standard InChI is InChI=1S/C19H15ClN4O4S/c20-13-3-1-4-14(9-13)24-16(17-5-2-7-27-17)10-15(23-24)19-22-21-18(28-19)12-6-8-29(25,26)11-12/h1-5,7,9-10,12H,6,8,11H2. The molecule has 1 fully saturated rings. The highest BCUT2D eigenvalue weighted by atomic mass is 35.5. The van der Waals surface area contributed by atoms with Crippen LogP contribution in [-0.2, 0) is 9.84 Å². The molecule has 0 spiro atoms. The topological polar surface area (TPSA) is 104 Å². The molecule has 0 saturated carbocycles. The van der Waals surface area contributed by atoms with Crippen molar-refractivity contribution in [2.24, 2.45) is 0 Å². The molecule has 0 amide bonds. The Balaban J connectivity index is 1.56. The Kier molecular flexibility index (Phi) is 4.29. The maximum absolute atomic E-state index is 11.7. The van der Waals surface area contributed by atoms with Crippen LogP contribution in [0.1, 0.15) is 18.2 Å². The second-order valence-corrected chi connectivity index (χ2v) is 9.49. The molecule has 148 valence electrons. The van der Waals surface area contributed by atoms with Crippen LogP contribution in [0.15, 0.2) is 57.6 Å². The first kappa shape index (κ1) is 18.1. The zero-order valence-corrected chi connectivity index (χ0v) is 16.6. The predicted octanol–water partition coefficient (Wildman–Crippen LogP) is 3.74. The lowest BCUT2D eigenvalue weighted by Gasteiger charge is -2.05. The molecule has 0 N–H and O–H groups in total. The van der Waals surface area contributed by atoms with E-state index >= 15 is 0 Å². The Bertz CT molecular complexity index is 1280. The smallest absolute Gasteiger partial charge is 0.268 e. The number of furan rings is 1. The molecule has 4 heterocycles. The van der Waals surface area contributed by atoms with Crippen molar-refractivity contribution in [3.8, 4) is 28.7 Å². The first-order valence-electron chi connectivity index (χ1n) is 8.93. The number of halogens is 1. The van der Waals surface area contributed by atoms with E-state index in [9.17, 15) is 8.42 Å². The Hall–Kier alpha value is -2.91. The van der Waals surface area contributed by atoms with Gasteiger partial charge in [0.1, 0.15) is 5.69 Å². The van der Waals surface area contributed by atoms with Gasteiger partial charge in [-0.2, -0.15) is 5.10 Å². The molecule has 1 atom stereocenters. The molecular weight excluding hydrogens is 416 g/mol. The van der Waals surface area contributed by atoms with Crippen LogP contribution >= 0.6 is 11.6 Å². The lowest BCUT2D eigenvalue weighted by atomic mass is 10.1. The van der Waals surface area contributed by atoms with E-state index in [1.54, 1.807) is 35.2 Å². The van der Waals surface area contributed by atoms with Crippen LogP contribution in [0.2, 0.25) is 5.02 Å². The summed E-state index contributed by atoms with van der Waals surface area (Å²) >= 11 is 6.14. The maximum atomic E-state index is 11.7. The van der Waals surface area contributed by atoms with Gasteiger partial charge in [0.25, 0.3) is 5.89 Å². The number of nitrogens with zero attached hydrogens (tertiary/aromatic N) is 4. The molecule has 0 bridgehead atoms. The van der Waals surface area contributed by atoms with Gasteiger partial charge in [-0.05, 0) is 36.8 Å². The van der Waals surface area contributed by atoms with Gasteiger partial charge in [-0.1, -0.05) is 17.7 Å². The highest BCUT2D eigenvalue weighted by molar-refractivity contribution is 7.91. The molecular formula is C19H15ClN4O4S. The van der Waals surface area contributed by atoms with Crippen LogP contribution in [0.25, 0.3) is 28.7 Å². The first-order chi connectivity index (χ1) is 14.0. The van der Waals surface area contributed by atoms with Gasteiger partial charge < -0.3 is 8.83 Å². The number of rotatable bonds is 4. The van der Waals surface area contributed by atoms with Gasteiger partial charge in [0, 0.05) is 11.1 Å². The van der Waals surface area contributed by atoms with Crippen LogP contribution in [0.3, 0.4) is 0 Å². The molecule has 1 aliphatic heterocycles. The fourth-order valence-corrected chi connectivity index (χ4v) is 5.30. The zero-order valence-electron chi connectivity index (χ0n) is 15.0. The zero-order chi connectivity index (χ0) is 20.0. The molecule has 8 nitrogen and oxygen atoms in total. The van der Waals surface area contributed by atoms with Crippen molar-refractivity contribution in [2.45, 2.75) is 12.3 Å². The Morgan fingerprint density at radius 2 is 2.03 bits per heavy atom. The average molecular weight is 431 g/mol. The summed E-state index contributed by atoms with van der Waals surface area (Å²) in [7, 11) is -3.04. The van der Waals surface area contributed by atoms with Gasteiger partial charge >= 0.3 is 0 Å². The average Bonchev–Trinajstić information content (AvgIpc) is 3.46. The van der Waals surface area contributed by atoms with Gasteiger partial charge in [-0.3, -0.25) is 0 Å². The second kappa shape index (κ2) is 6.85. The minimum Gasteiger partial charge on any atom is -0.463 e. The lowest BCUT2D eigenvalue weighted by Crippen LogP contribution is -2.03. The predicted molar refractivity (Wildman–Crippen MR) is 106 cm³/mol. The molecule has 0 aliphatic carbocycles. The fourth-order valence-electron chi connectivity index (χ4n) is 3.38. The van der Waals surface area contributed by atoms with Crippen LogP contribution in [0.5, 0.6) is 0 Å². The number of hydrogen-bond donors (Lipinski definition) is 0. The highest BCUT2D eigenvalue weighted by Gasteiger charge is 2.33. The first-order valence-corrected chi connectivity index (χ1v) is 11.1. The minimum absolute atomic E-state index is 0.0310. The molecule has 3 aromatic heterocycles. The second-order valence-electron chi connectivity index (χ2n) is 6.83. The molecule has 1 saturated heterocycles. The Morgan fingerprint density at radius 3 is 2.76 bits per heavy atom. The summed E-state index contributed by atoms with van der Waals surface area (Å²) in [5.41, 5.74) is 1.89. The van der Waals surface area contributed by atoms with E-state index < -0.39 is 9.84 Å². The number of hydrogen-bond acceptors (Lipinski definition) is 7. The third kappa shape index (κ3) is 3.47. The SMILES string of the molecule is O=S1(=O)CCC(c2nnc(-c3cc(-c4ccco4)n(-c4cccc(Cl)c4)n3)o2)C1. The summed E-state index contributed by atoms with van der Waals surface area (Å²) in [5.74, 6) is 1.05. The van der Waals surface area contributed by atoms with Crippen molar-refractivity contribution in [3.05, 3.63) is 59.6 Å². The van der Waals surface area contributed by atoms with Crippen LogP contribution in [-0.4, -0.2) is 39.9 Å². The summed E-state index contributed by atoms with van der Waals surface area (Å²) in [6.45, 7) is 0. The molecule has 1 unspecified atom stereocenters. The minimum atomic E-state index is -3.04. The molecule has 10 heteroatoms. The van der Waals surface area contributed by atoms with E-state index in [2.05, 4.69) is 15.3 Å². The molecule has 0 radical (unpaired) electrons. The van der Waals surface area contributed by atoms with Crippen molar-refractivity contribution in [3.63, 3.8) is 0 Å². The van der Waals surface area contributed by atoms with E-state index in [0.717, 1.165) is 5.69 Å². The summed E-state index contributed by atoms with van der Waals surface area (Å²) in [6, 6.07) is 12.7. The highest BCUT2D eigenvalue weighted by Crippen LogP contribution is 2.32. The summed E-state index contributed by atoms with van der Waals surface area (Å²) in [5, 5.41) is 13.3. The van der Waals surface area contributed by atoms with Crippen molar-refractivity contribution in [1.82, 2.24) is 20.0 Å². The van der Waals surface area contributed by atoms with Gasteiger partial charge in [0.05, 0.1) is 29.4 Å². The molecule has 4 aromatic rings. The Labute approximate surface area is 171 Å². The van der Waals surface area contributed by atoms with Crippen LogP contribution in [0, 0.1) is 0 Å². The van der Waals surface area contributed by atoms with Crippen LogP contribution in [0.4, 0.5) is 0 Å². The molecule has 1 aromatic carbocycles. The quantitative estimate of drug-likeness (QED) is 0.485. The fraction of sp³-hybridized carbons (Fsp3) is 0.211. The van der Waals surface area contributed by atoms with Crippen molar-refractivity contribution < 1.29 is 17.3 Å². The summed E-state index contributed by atoms with van der Waals surface area (Å²) < 4.78 is 36.5. The number of aromatic nitrogens is 4. The van der Waals surface area contributed by atoms with Gasteiger partial charge in [-0.25, -0.2) is 13.1 Å². The third-order valence-electron chi connectivity index (χ3n) is 4.78. The lowest BCUT2D eigenvalue weighted by molar-refractivity contribution is 0.469. The van der Waals surface area contributed by atoms with Crippen LogP contribution < -0.4 is 0 Å². The Morgan fingerprint density at radius 1 is 1.14 bits per heavy atom. The van der Waals surface area contributed by atoms with Gasteiger partial charge in [0.2, 0.25) is 5.89 Å². The molecule has 5 rings (SSSR count). The third-order valence-corrected chi connectivity index (χ3v) is 6.78. The van der Waals surface area contributed by atoms with Crippen molar-refractivity contribution in [1.29, 1.82) is 0 Å². The largest absolute Gasteiger partial charge is 0.463 e. The molecule has 29 heavy (non-hydrogen) atoms. The number of benzene rings is 1. The summed E-state index contributed by atoms with van der Waals surface area (Å²) in [4.78, 5) is 0.